The Morgan fingerprint density at radius 2 is 1.70 bits per heavy atom. The van der Waals surface area contributed by atoms with Crippen LogP contribution < -0.4 is 5.32 Å². The summed E-state index contributed by atoms with van der Waals surface area (Å²) in [6.07, 6.45) is 0.669. The highest BCUT2D eigenvalue weighted by atomic mass is 19.3. The number of nitrogens with zero attached hydrogens (tertiary/aromatic N) is 2. The van der Waals surface area contributed by atoms with E-state index in [1.807, 2.05) is 0 Å². The van der Waals surface area contributed by atoms with Crippen molar-refractivity contribution in [2.45, 2.75) is 49.8 Å². The normalized spacial score (nSPS) is 22.1. The largest absolute Gasteiger partial charge is 0.393 e. The second-order valence-corrected chi connectivity index (χ2v) is 8.25. The molecule has 2 N–H and O–H groups in total. The van der Waals surface area contributed by atoms with Crippen LogP contribution in [0.2, 0.25) is 0 Å². The Balaban J connectivity index is 1.59. The lowest BCUT2D eigenvalue weighted by Crippen LogP contribution is -2.53. The van der Waals surface area contributed by atoms with Crippen molar-refractivity contribution < 1.29 is 32.3 Å². The lowest BCUT2D eigenvalue weighted by molar-refractivity contribution is -0.166. The number of carbonyl (C=O) groups is 2. The minimum absolute atomic E-state index is 0.0371. The molecule has 3 atom stereocenters. The molecule has 0 aliphatic carbocycles. The summed E-state index contributed by atoms with van der Waals surface area (Å²) in [5, 5.41) is 21.1. The third-order valence-electron chi connectivity index (χ3n) is 6.12. The zero-order valence-corrected chi connectivity index (χ0v) is 17.2. The molecule has 10 heteroatoms. The van der Waals surface area contributed by atoms with Crippen LogP contribution in [-0.4, -0.2) is 40.0 Å². The van der Waals surface area contributed by atoms with Gasteiger partial charge in [0.2, 0.25) is 0 Å². The van der Waals surface area contributed by atoms with Crippen LogP contribution in [0.3, 0.4) is 0 Å². The summed E-state index contributed by atoms with van der Waals surface area (Å²) < 4.78 is 58.2. The van der Waals surface area contributed by atoms with E-state index in [-0.39, 0.29) is 29.7 Å². The molecule has 0 aromatic heterocycles. The predicted octanol–water partition coefficient (Wildman–Crippen LogP) is 3.69. The van der Waals surface area contributed by atoms with E-state index in [0.29, 0.717) is 25.0 Å². The fourth-order valence-corrected chi connectivity index (χ4v) is 4.56. The number of rotatable bonds is 4. The molecule has 172 valence electrons. The molecule has 2 amide bonds. The molecule has 2 aromatic carbocycles. The second kappa shape index (κ2) is 8.48. The van der Waals surface area contributed by atoms with Crippen molar-refractivity contribution in [1.82, 2.24) is 4.90 Å². The van der Waals surface area contributed by atoms with Crippen LogP contribution >= 0.6 is 0 Å². The SMILES string of the molecule is N#Cc1cc(NC(=O)c2ccc(F)c(C(F)(F)C(=O)N3[C@@H]4CC[C@H]3CC(O)C4)c2)ccc1F. The van der Waals surface area contributed by atoms with Gasteiger partial charge >= 0.3 is 5.92 Å². The number of aliphatic hydroxyl groups is 1. The number of fused-ring (bicyclic) bond motifs is 2. The number of hydrogen-bond donors (Lipinski definition) is 2. The highest BCUT2D eigenvalue weighted by molar-refractivity contribution is 6.04. The average molecular weight is 461 g/mol. The lowest BCUT2D eigenvalue weighted by atomic mass is 9.96. The van der Waals surface area contributed by atoms with Gasteiger partial charge in [-0.3, -0.25) is 9.59 Å². The highest BCUT2D eigenvalue weighted by Gasteiger charge is 2.53. The number of alkyl halides is 2. The van der Waals surface area contributed by atoms with Crippen LogP contribution in [0.25, 0.3) is 0 Å². The van der Waals surface area contributed by atoms with Crippen LogP contribution in [0.4, 0.5) is 23.2 Å². The van der Waals surface area contributed by atoms with E-state index in [2.05, 4.69) is 5.32 Å². The van der Waals surface area contributed by atoms with E-state index in [9.17, 15) is 23.5 Å². The summed E-state index contributed by atoms with van der Waals surface area (Å²) in [5.74, 6) is -8.83. The number of halogens is 4. The van der Waals surface area contributed by atoms with Gasteiger partial charge in [0.15, 0.2) is 0 Å². The smallest absolute Gasteiger partial charge is 0.352 e. The monoisotopic (exact) mass is 461 g/mol. The lowest BCUT2D eigenvalue weighted by Gasteiger charge is -2.39. The molecule has 2 bridgehead atoms. The molecular weight excluding hydrogens is 442 g/mol. The van der Waals surface area contributed by atoms with Crippen LogP contribution in [0.1, 0.15) is 47.2 Å². The number of benzene rings is 2. The Morgan fingerprint density at radius 1 is 1.06 bits per heavy atom. The van der Waals surface area contributed by atoms with Gasteiger partial charge in [-0.25, -0.2) is 8.78 Å². The first-order valence-corrected chi connectivity index (χ1v) is 10.3. The molecule has 0 radical (unpaired) electrons. The third kappa shape index (κ3) is 4.16. The number of carbonyl (C=O) groups excluding carboxylic acids is 2. The summed E-state index contributed by atoms with van der Waals surface area (Å²) in [6.45, 7) is 0. The van der Waals surface area contributed by atoms with E-state index in [1.54, 1.807) is 6.07 Å². The fourth-order valence-electron chi connectivity index (χ4n) is 4.56. The molecule has 2 saturated heterocycles. The maximum absolute atomic E-state index is 15.2. The van der Waals surface area contributed by atoms with Gasteiger partial charge in [-0.1, -0.05) is 0 Å². The molecule has 1 unspecified atom stereocenters. The van der Waals surface area contributed by atoms with E-state index in [0.717, 1.165) is 23.1 Å². The molecule has 2 fully saturated rings. The Hall–Kier alpha value is -3.45. The molecule has 33 heavy (non-hydrogen) atoms. The summed E-state index contributed by atoms with van der Waals surface area (Å²) in [6, 6.07) is 5.99. The molecule has 2 aromatic rings. The quantitative estimate of drug-likeness (QED) is 0.680. The molecule has 2 aliphatic rings. The van der Waals surface area contributed by atoms with Gasteiger partial charge in [-0.05, 0) is 62.1 Å². The van der Waals surface area contributed by atoms with Crippen LogP contribution in [-0.2, 0) is 10.7 Å². The second-order valence-electron chi connectivity index (χ2n) is 8.25. The molecule has 6 nitrogen and oxygen atoms in total. The van der Waals surface area contributed by atoms with Crippen molar-refractivity contribution in [2.75, 3.05) is 5.32 Å². The average Bonchev–Trinajstić information content (AvgIpc) is 3.05. The fraction of sp³-hybridized carbons (Fsp3) is 0.348. The van der Waals surface area contributed by atoms with Crippen molar-refractivity contribution in [1.29, 1.82) is 5.26 Å². The van der Waals surface area contributed by atoms with Gasteiger partial charge in [0, 0.05) is 23.3 Å². The molecule has 0 spiro atoms. The van der Waals surface area contributed by atoms with Gasteiger partial charge in [-0.15, -0.1) is 0 Å². The predicted molar refractivity (Wildman–Crippen MR) is 108 cm³/mol. The van der Waals surface area contributed by atoms with Crippen molar-refractivity contribution in [3.63, 3.8) is 0 Å². The van der Waals surface area contributed by atoms with Crippen molar-refractivity contribution in [3.8, 4) is 6.07 Å². The number of nitrogens with one attached hydrogen (secondary N) is 1. The summed E-state index contributed by atoms with van der Waals surface area (Å²) in [7, 11) is 0. The molecule has 4 rings (SSSR count). The van der Waals surface area contributed by atoms with Gasteiger partial charge in [-0.2, -0.15) is 14.0 Å². The third-order valence-corrected chi connectivity index (χ3v) is 6.12. The summed E-state index contributed by atoms with van der Waals surface area (Å²) in [5.41, 5.74) is -1.87. The Bertz CT molecular complexity index is 1150. The number of anilines is 1. The van der Waals surface area contributed by atoms with E-state index >= 15 is 8.78 Å². The van der Waals surface area contributed by atoms with Gasteiger partial charge in [0.05, 0.1) is 17.2 Å². The molecule has 2 heterocycles. The van der Waals surface area contributed by atoms with Crippen LogP contribution in [0.15, 0.2) is 36.4 Å². The highest BCUT2D eigenvalue weighted by Crippen LogP contribution is 2.41. The molecular formula is C23H19F4N3O3. The molecule has 2 aliphatic heterocycles. The minimum Gasteiger partial charge on any atom is -0.393 e. The Kier molecular flexibility index (Phi) is 5.84. The Labute approximate surface area is 186 Å². The minimum atomic E-state index is -4.23. The summed E-state index contributed by atoms with van der Waals surface area (Å²) >= 11 is 0. The number of aliphatic hydroxyl groups excluding tert-OH is 1. The van der Waals surface area contributed by atoms with Crippen molar-refractivity contribution in [3.05, 3.63) is 64.7 Å². The van der Waals surface area contributed by atoms with Gasteiger partial charge in [0.1, 0.15) is 17.7 Å². The maximum atomic E-state index is 15.2. The van der Waals surface area contributed by atoms with Crippen molar-refractivity contribution in [2.24, 2.45) is 0 Å². The van der Waals surface area contributed by atoms with Gasteiger partial charge in [0.25, 0.3) is 11.8 Å². The number of nitriles is 1. The summed E-state index contributed by atoms with van der Waals surface area (Å²) in [4.78, 5) is 26.4. The van der Waals surface area contributed by atoms with Gasteiger partial charge < -0.3 is 15.3 Å². The topological polar surface area (TPSA) is 93.4 Å². The van der Waals surface area contributed by atoms with E-state index < -0.39 is 53.1 Å². The number of hydrogen-bond acceptors (Lipinski definition) is 4. The van der Waals surface area contributed by atoms with Crippen LogP contribution in [0.5, 0.6) is 0 Å². The zero-order valence-electron chi connectivity index (χ0n) is 17.2. The first-order valence-electron chi connectivity index (χ1n) is 10.3. The number of amides is 2. The Morgan fingerprint density at radius 3 is 2.33 bits per heavy atom. The first-order chi connectivity index (χ1) is 15.6. The van der Waals surface area contributed by atoms with Crippen molar-refractivity contribution >= 4 is 17.5 Å². The number of piperidine rings is 1. The molecule has 0 saturated carbocycles. The maximum Gasteiger partial charge on any atom is 0.352 e. The van der Waals surface area contributed by atoms with Crippen LogP contribution in [0, 0.1) is 23.0 Å². The standard InChI is InChI=1S/C23H19F4N3O3/c24-19-6-2-14(7-13(19)11-28)29-21(32)12-1-5-20(25)18(8-12)23(26,27)22(33)30-15-3-4-16(30)10-17(31)9-15/h1-2,5-8,15-17,31H,3-4,9-10H2,(H,29,32)/t15-,16+,17?. The van der Waals surface area contributed by atoms with E-state index in [4.69, 9.17) is 5.26 Å². The van der Waals surface area contributed by atoms with E-state index in [1.165, 1.54) is 6.07 Å². The first kappa shape index (κ1) is 22.7. The zero-order chi connectivity index (χ0) is 23.9.